The van der Waals surface area contributed by atoms with E-state index < -0.39 is 11.5 Å². The van der Waals surface area contributed by atoms with Crippen molar-refractivity contribution in [2.24, 2.45) is 0 Å². The number of piperidine rings is 1. The lowest BCUT2D eigenvalue weighted by molar-refractivity contribution is -0.143. The Hall–Kier alpha value is -1.26. The Morgan fingerprint density at radius 3 is 2.59 bits per heavy atom. The van der Waals surface area contributed by atoms with Crippen molar-refractivity contribution in [2.45, 2.75) is 18.4 Å². The number of carboxylic acid groups (broad SMARTS) is 1. The van der Waals surface area contributed by atoms with Gasteiger partial charge in [-0.2, -0.15) is 0 Å². The number of hydrogen-bond acceptors (Lipinski definition) is 3. The van der Waals surface area contributed by atoms with Crippen LogP contribution >= 0.6 is 11.6 Å². The highest BCUT2D eigenvalue weighted by atomic mass is 35.5. The fourth-order valence-corrected chi connectivity index (χ4v) is 2.25. The number of rotatable bonds is 3. The monoisotopic (exact) mass is 254 g/mol. The number of halogens is 1. The van der Waals surface area contributed by atoms with E-state index in [2.05, 4.69) is 10.6 Å². The average molecular weight is 255 g/mol. The lowest BCUT2D eigenvalue weighted by Crippen LogP contribution is -2.53. The fraction of sp³-hybridized carbons (Fsp3) is 0.417. The Labute approximate surface area is 105 Å². The number of carboxylic acids is 1. The van der Waals surface area contributed by atoms with Crippen LogP contribution in [-0.2, 0) is 4.79 Å². The fourth-order valence-electron chi connectivity index (χ4n) is 2.07. The molecule has 1 saturated heterocycles. The molecule has 0 amide bonds. The maximum atomic E-state index is 11.5. The molecular weight excluding hydrogens is 240 g/mol. The quantitative estimate of drug-likeness (QED) is 0.772. The molecule has 3 N–H and O–H groups in total. The van der Waals surface area contributed by atoms with E-state index in [9.17, 15) is 9.90 Å². The molecule has 4 nitrogen and oxygen atoms in total. The minimum absolute atomic E-state index is 0.548. The Bertz CT molecular complexity index is 417. The molecule has 1 aliphatic rings. The first-order valence-electron chi connectivity index (χ1n) is 5.61. The minimum Gasteiger partial charge on any atom is -0.480 e. The summed E-state index contributed by atoms with van der Waals surface area (Å²) in [5.74, 6) is -0.820. The first kappa shape index (κ1) is 12.2. The summed E-state index contributed by atoms with van der Waals surface area (Å²) in [6, 6.07) is 7.21. The summed E-state index contributed by atoms with van der Waals surface area (Å²) < 4.78 is 0. The zero-order chi connectivity index (χ0) is 12.3. The van der Waals surface area contributed by atoms with Crippen LogP contribution in [0, 0.1) is 0 Å². The van der Waals surface area contributed by atoms with E-state index in [1.165, 1.54) is 0 Å². The van der Waals surface area contributed by atoms with Crippen molar-refractivity contribution >= 4 is 23.3 Å². The smallest absolute Gasteiger partial charge is 0.329 e. The lowest BCUT2D eigenvalue weighted by Gasteiger charge is -2.35. The first-order chi connectivity index (χ1) is 8.14. The van der Waals surface area contributed by atoms with Gasteiger partial charge in [0.25, 0.3) is 0 Å². The van der Waals surface area contributed by atoms with Gasteiger partial charge < -0.3 is 15.7 Å². The number of carbonyl (C=O) groups is 1. The molecule has 5 heteroatoms. The number of nitrogens with one attached hydrogen (secondary N) is 2. The number of benzene rings is 1. The van der Waals surface area contributed by atoms with Gasteiger partial charge in [0.1, 0.15) is 5.54 Å². The van der Waals surface area contributed by atoms with Gasteiger partial charge in [-0.25, -0.2) is 4.79 Å². The molecule has 0 radical (unpaired) electrons. The van der Waals surface area contributed by atoms with Gasteiger partial charge >= 0.3 is 5.97 Å². The Morgan fingerprint density at radius 2 is 2.00 bits per heavy atom. The number of aliphatic carboxylic acids is 1. The normalized spacial score (nSPS) is 18.6. The van der Waals surface area contributed by atoms with Crippen LogP contribution in [0.15, 0.2) is 24.3 Å². The third kappa shape index (κ3) is 2.53. The molecule has 1 aliphatic heterocycles. The average Bonchev–Trinajstić information content (AvgIpc) is 2.33. The van der Waals surface area contributed by atoms with Gasteiger partial charge in [-0.3, -0.25) is 0 Å². The number of para-hydroxylation sites is 1. The number of hydrogen-bond donors (Lipinski definition) is 3. The molecule has 1 aromatic rings. The molecule has 1 fully saturated rings. The first-order valence-corrected chi connectivity index (χ1v) is 5.99. The van der Waals surface area contributed by atoms with Crippen LogP contribution in [0.2, 0.25) is 5.02 Å². The van der Waals surface area contributed by atoms with E-state index in [1.807, 2.05) is 12.1 Å². The molecule has 0 aromatic heterocycles. The molecule has 0 bridgehead atoms. The standard InChI is InChI=1S/C12H15ClN2O2/c13-9-3-1-2-4-10(9)15-12(11(16)17)5-7-14-8-6-12/h1-4,14-15H,5-8H2,(H,16,17). The molecule has 2 rings (SSSR count). The highest BCUT2D eigenvalue weighted by molar-refractivity contribution is 6.33. The van der Waals surface area contributed by atoms with Crippen molar-refractivity contribution in [3.8, 4) is 0 Å². The van der Waals surface area contributed by atoms with E-state index in [0.29, 0.717) is 36.6 Å². The van der Waals surface area contributed by atoms with Crippen molar-refractivity contribution in [1.29, 1.82) is 0 Å². The summed E-state index contributed by atoms with van der Waals surface area (Å²) in [5.41, 5.74) is -0.227. The zero-order valence-electron chi connectivity index (χ0n) is 9.37. The molecule has 0 spiro atoms. The SMILES string of the molecule is O=C(O)C1(Nc2ccccc2Cl)CCNCC1. The lowest BCUT2D eigenvalue weighted by atomic mass is 9.88. The Kier molecular flexibility index (Phi) is 3.54. The van der Waals surface area contributed by atoms with Crippen molar-refractivity contribution in [3.63, 3.8) is 0 Å². The van der Waals surface area contributed by atoms with Crippen molar-refractivity contribution < 1.29 is 9.90 Å². The van der Waals surface area contributed by atoms with Gasteiger partial charge in [0.05, 0.1) is 10.7 Å². The topological polar surface area (TPSA) is 61.4 Å². The molecular formula is C12H15ClN2O2. The molecule has 1 heterocycles. The Balaban J connectivity index is 2.24. The molecule has 0 aliphatic carbocycles. The third-order valence-electron chi connectivity index (χ3n) is 3.11. The predicted octanol–water partition coefficient (Wildman–Crippen LogP) is 1.96. The van der Waals surface area contributed by atoms with E-state index in [0.717, 1.165) is 0 Å². The second kappa shape index (κ2) is 4.94. The highest BCUT2D eigenvalue weighted by Gasteiger charge is 2.39. The second-order valence-electron chi connectivity index (χ2n) is 4.24. The van der Waals surface area contributed by atoms with Crippen molar-refractivity contribution in [3.05, 3.63) is 29.3 Å². The van der Waals surface area contributed by atoms with E-state index in [1.54, 1.807) is 12.1 Å². The second-order valence-corrected chi connectivity index (χ2v) is 4.65. The van der Waals surface area contributed by atoms with Gasteiger partial charge in [0.2, 0.25) is 0 Å². The van der Waals surface area contributed by atoms with Crippen LogP contribution in [0.4, 0.5) is 5.69 Å². The summed E-state index contributed by atoms with van der Waals surface area (Å²) in [6.45, 7) is 1.40. The van der Waals surface area contributed by atoms with Crippen LogP contribution in [0.3, 0.4) is 0 Å². The van der Waals surface area contributed by atoms with Crippen LogP contribution in [0.1, 0.15) is 12.8 Å². The minimum atomic E-state index is -0.907. The largest absolute Gasteiger partial charge is 0.480 e. The van der Waals surface area contributed by atoms with Crippen LogP contribution in [0.5, 0.6) is 0 Å². The van der Waals surface area contributed by atoms with E-state index in [4.69, 9.17) is 11.6 Å². The van der Waals surface area contributed by atoms with Crippen molar-refractivity contribution in [2.75, 3.05) is 18.4 Å². The summed E-state index contributed by atoms with van der Waals surface area (Å²) in [6.07, 6.45) is 1.10. The van der Waals surface area contributed by atoms with Crippen LogP contribution in [0.25, 0.3) is 0 Å². The maximum absolute atomic E-state index is 11.5. The maximum Gasteiger partial charge on any atom is 0.329 e. The molecule has 1 aromatic carbocycles. The molecule has 0 atom stereocenters. The third-order valence-corrected chi connectivity index (χ3v) is 3.44. The summed E-state index contributed by atoms with van der Waals surface area (Å²) in [4.78, 5) is 11.5. The predicted molar refractivity (Wildman–Crippen MR) is 67.5 cm³/mol. The van der Waals surface area contributed by atoms with Crippen molar-refractivity contribution in [1.82, 2.24) is 5.32 Å². The van der Waals surface area contributed by atoms with Gasteiger partial charge in [-0.1, -0.05) is 23.7 Å². The number of anilines is 1. The van der Waals surface area contributed by atoms with Gasteiger partial charge in [-0.15, -0.1) is 0 Å². The summed E-state index contributed by atoms with van der Waals surface area (Å²) >= 11 is 6.04. The van der Waals surface area contributed by atoms with E-state index in [-0.39, 0.29) is 0 Å². The van der Waals surface area contributed by atoms with Gasteiger partial charge in [-0.05, 0) is 38.1 Å². The summed E-state index contributed by atoms with van der Waals surface area (Å²) in [5, 5.41) is 16.2. The summed E-state index contributed by atoms with van der Waals surface area (Å²) in [7, 11) is 0. The molecule has 17 heavy (non-hydrogen) atoms. The highest BCUT2D eigenvalue weighted by Crippen LogP contribution is 2.29. The van der Waals surface area contributed by atoms with Gasteiger partial charge in [0.15, 0.2) is 0 Å². The van der Waals surface area contributed by atoms with Crippen LogP contribution in [-0.4, -0.2) is 29.7 Å². The van der Waals surface area contributed by atoms with Gasteiger partial charge in [0, 0.05) is 0 Å². The zero-order valence-corrected chi connectivity index (χ0v) is 10.1. The Morgan fingerprint density at radius 1 is 1.35 bits per heavy atom. The molecule has 92 valence electrons. The molecule has 0 unspecified atom stereocenters. The molecule has 0 saturated carbocycles. The van der Waals surface area contributed by atoms with E-state index >= 15 is 0 Å². The van der Waals surface area contributed by atoms with Crippen LogP contribution < -0.4 is 10.6 Å².